The van der Waals surface area contributed by atoms with Crippen molar-refractivity contribution in [1.82, 2.24) is 14.5 Å². The molecular weight excluding hydrogens is 1030 g/mol. The fourth-order valence-electron chi connectivity index (χ4n) is 12.4. The van der Waals surface area contributed by atoms with Gasteiger partial charge in [-0.15, -0.1) is 0 Å². The van der Waals surface area contributed by atoms with Gasteiger partial charge in [0.1, 0.15) is 0 Å². The average molecular weight is 1080 g/mol. The first-order valence-electron chi connectivity index (χ1n) is 29.0. The number of hydrogen-bond donors (Lipinski definition) is 0. The first-order chi connectivity index (χ1) is 42.2. The Labute approximate surface area is 495 Å². The summed E-state index contributed by atoms with van der Waals surface area (Å²) in [5.41, 5.74) is 25.9. The van der Waals surface area contributed by atoms with E-state index >= 15 is 0 Å². The van der Waals surface area contributed by atoms with E-state index in [4.69, 9.17) is 9.97 Å². The quantitative estimate of drug-likeness (QED) is 0.122. The standard InChI is InChI=1S/C82H55N3/c1-9-25-56(26-10-1)58-41-45-64(46-42-58)75-55-76(84-82(83-75)67-47-43-59(44-48-67)57-27-11-2-12-28-57)68-53-73(62-33-17-5-18-34-62)79(74(54-68)63-35-19-6-20-36-63)85-80-71(51-49-69(60-29-13-3-14-30-60)77(80)65-37-21-7-22-38-65)72-52-50-70(61-31-15-4-16-32-61)78(81(72)85)66-39-23-8-24-40-66/h1-55H. The summed E-state index contributed by atoms with van der Waals surface area (Å²) < 4.78 is 2.64. The van der Waals surface area contributed by atoms with E-state index < -0.39 is 0 Å². The van der Waals surface area contributed by atoms with E-state index in [0.29, 0.717) is 5.82 Å². The Morgan fingerprint density at radius 3 is 0.847 bits per heavy atom. The molecule has 3 nitrogen and oxygen atoms in total. The normalized spacial score (nSPS) is 11.3. The maximum absolute atomic E-state index is 5.61. The number of rotatable bonds is 12. The van der Waals surface area contributed by atoms with Crippen LogP contribution in [0.3, 0.4) is 0 Å². The summed E-state index contributed by atoms with van der Waals surface area (Å²) in [5, 5.41) is 2.32. The van der Waals surface area contributed by atoms with Gasteiger partial charge in [-0.25, -0.2) is 9.97 Å². The lowest BCUT2D eigenvalue weighted by Gasteiger charge is -2.24. The van der Waals surface area contributed by atoms with Crippen molar-refractivity contribution < 1.29 is 0 Å². The Balaban J connectivity index is 1.08. The molecule has 0 amide bonds. The summed E-state index contributed by atoms with van der Waals surface area (Å²) in [6.07, 6.45) is 0. The van der Waals surface area contributed by atoms with Gasteiger partial charge in [0, 0.05) is 49.7 Å². The first-order valence-corrected chi connectivity index (χ1v) is 29.0. The van der Waals surface area contributed by atoms with Gasteiger partial charge in [-0.05, 0) is 85.0 Å². The smallest absolute Gasteiger partial charge is 0.160 e. The SMILES string of the molecule is c1ccc(-c2ccc(-c3cc(-c4cc(-c5ccccc5)c(-n5c6c(-c7ccccc7)c(-c7ccccc7)ccc6c6ccc(-c7ccccc7)c(-c7ccccc7)c65)c(-c5ccccc5)c4)nc(-c4ccc(-c5ccccc5)cc4)n3)cc2)cc1. The Kier molecular flexibility index (Phi) is 13.3. The molecule has 0 radical (unpaired) electrons. The van der Waals surface area contributed by atoms with Gasteiger partial charge in [-0.2, -0.15) is 0 Å². The molecule has 0 aliphatic heterocycles. The van der Waals surface area contributed by atoms with Crippen LogP contribution < -0.4 is 0 Å². The number of nitrogens with zero attached hydrogens (tertiary/aromatic N) is 3. The molecule has 0 atom stereocenters. The number of benzene rings is 13. The van der Waals surface area contributed by atoms with Crippen molar-refractivity contribution in [3.8, 4) is 129 Å². The van der Waals surface area contributed by atoms with Gasteiger partial charge in [0.15, 0.2) is 5.82 Å². The minimum atomic E-state index is 0.648. The Morgan fingerprint density at radius 1 is 0.200 bits per heavy atom. The van der Waals surface area contributed by atoms with Crippen molar-refractivity contribution in [2.45, 2.75) is 0 Å². The molecule has 2 aromatic heterocycles. The minimum absolute atomic E-state index is 0.648. The predicted molar refractivity (Wildman–Crippen MR) is 356 cm³/mol. The molecule has 15 aromatic rings. The van der Waals surface area contributed by atoms with Crippen LogP contribution in [0.5, 0.6) is 0 Å². The van der Waals surface area contributed by atoms with E-state index in [1.807, 2.05) is 0 Å². The summed E-state index contributed by atoms with van der Waals surface area (Å²) in [4.78, 5) is 11.0. The van der Waals surface area contributed by atoms with Crippen molar-refractivity contribution >= 4 is 21.8 Å². The second kappa shape index (κ2) is 22.2. The zero-order valence-corrected chi connectivity index (χ0v) is 46.6. The summed E-state index contributed by atoms with van der Waals surface area (Å²) in [5.74, 6) is 0.648. The second-order valence-electron chi connectivity index (χ2n) is 21.6. The third kappa shape index (κ3) is 9.60. The van der Waals surface area contributed by atoms with Crippen LogP contribution in [0.1, 0.15) is 0 Å². The van der Waals surface area contributed by atoms with Crippen LogP contribution in [0, 0.1) is 0 Å². The van der Waals surface area contributed by atoms with E-state index in [1.54, 1.807) is 0 Å². The van der Waals surface area contributed by atoms with Crippen LogP contribution >= 0.6 is 0 Å². The van der Waals surface area contributed by atoms with E-state index in [-0.39, 0.29) is 0 Å². The molecule has 3 heteroatoms. The second-order valence-corrected chi connectivity index (χ2v) is 21.6. The first kappa shape index (κ1) is 50.7. The fourth-order valence-corrected chi connectivity index (χ4v) is 12.4. The number of hydrogen-bond acceptors (Lipinski definition) is 2. The molecule has 85 heavy (non-hydrogen) atoms. The Hall–Kier alpha value is -11.3. The molecule has 0 aliphatic rings. The van der Waals surface area contributed by atoms with Crippen molar-refractivity contribution in [1.29, 1.82) is 0 Å². The van der Waals surface area contributed by atoms with Crippen LogP contribution in [0.4, 0.5) is 0 Å². The van der Waals surface area contributed by atoms with Crippen LogP contribution in [0.25, 0.3) is 150 Å². The predicted octanol–water partition coefficient (Wildman–Crippen LogP) is 21.9. The molecule has 0 N–H and O–H groups in total. The van der Waals surface area contributed by atoms with Gasteiger partial charge in [0.25, 0.3) is 0 Å². The van der Waals surface area contributed by atoms with Crippen molar-refractivity contribution in [2.24, 2.45) is 0 Å². The fraction of sp³-hybridized carbons (Fsp3) is 0. The zero-order chi connectivity index (χ0) is 56.5. The molecule has 0 saturated heterocycles. The molecule has 0 bridgehead atoms. The zero-order valence-electron chi connectivity index (χ0n) is 46.6. The molecule has 0 spiro atoms. The van der Waals surface area contributed by atoms with E-state index in [1.165, 1.54) is 5.56 Å². The average Bonchev–Trinajstić information content (AvgIpc) is 1.83. The van der Waals surface area contributed by atoms with Crippen LogP contribution in [0.15, 0.2) is 334 Å². The van der Waals surface area contributed by atoms with Crippen molar-refractivity contribution in [2.75, 3.05) is 0 Å². The van der Waals surface area contributed by atoms with Crippen LogP contribution in [-0.2, 0) is 0 Å². The highest BCUT2D eigenvalue weighted by molar-refractivity contribution is 6.22. The maximum Gasteiger partial charge on any atom is 0.160 e. The van der Waals surface area contributed by atoms with Crippen molar-refractivity contribution in [3.05, 3.63) is 334 Å². The Bertz CT molecular complexity index is 4530. The van der Waals surface area contributed by atoms with Gasteiger partial charge >= 0.3 is 0 Å². The minimum Gasteiger partial charge on any atom is -0.307 e. The summed E-state index contributed by atoms with van der Waals surface area (Å²) in [7, 11) is 0. The Morgan fingerprint density at radius 2 is 0.482 bits per heavy atom. The van der Waals surface area contributed by atoms with Crippen LogP contribution in [-0.4, -0.2) is 14.5 Å². The molecule has 13 aromatic carbocycles. The number of aromatic nitrogens is 3. The molecule has 15 rings (SSSR count). The largest absolute Gasteiger partial charge is 0.307 e. The lowest BCUT2D eigenvalue weighted by atomic mass is 9.90. The molecule has 0 fully saturated rings. The van der Waals surface area contributed by atoms with E-state index in [0.717, 1.165) is 139 Å². The summed E-state index contributed by atoms with van der Waals surface area (Å²) in [6, 6.07) is 120. The van der Waals surface area contributed by atoms with Crippen molar-refractivity contribution in [3.63, 3.8) is 0 Å². The van der Waals surface area contributed by atoms with E-state index in [2.05, 4.69) is 338 Å². The molecule has 398 valence electrons. The topological polar surface area (TPSA) is 30.7 Å². The van der Waals surface area contributed by atoms with Gasteiger partial charge < -0.3 is 4.57 Å². The molecule has 2 heterocycles. The lowest BCUT2D eigenvalue weighted by molar-refractivity contribution is 1.17. The molecular formula is C82H55N3. The van der Waals surface area contributed by atoms with Gasteiger partial charge in [-0.1, -0.05) is 315 Å². The highest BCUT2D eigenvalue weighted by atomic mass is 15.0. The monoisotopic (exact) mass is 1080 g/mol. The van der Waals surface area contributed by atoms with E-state index in [9.17, 15) is 0 Å². The number of fused-ring (bicyclic) bond motifs is 3. The molecule has 0 saturated carbocycles. The lowest BCUT2D eigenvalue weighted by Crippen LogP contribution is -2.05. The van der Waals surface area contributed by atoms with Crippen LogP contribution in [0.2, 0.25) is 0 Å². The third-order valence-corrected chi connectivity index (χ3v) is 16.5. The highest BCUT2D eigenvalue weighted by Crippen LogP contribution is 2.51. The molecule has 0 unspecified atom stereocenters. The third-order valence-electron chi connectivity index (χ3n) is 16.5. The molecule has 0 aliphatic carbocycles. The highest BCUT2D eigenvalue weighted by Gasteiger charge is 2.29. The van der Waals surface area contributed by atoms with Gasteiger partial charge in [-0.3, -0.25) is 0 Å². The summed E-state index contributed by atoms with van der Waals surface area (Å²) in [6.45, 7) is 0. The summed E-state index contributed by atoms with van der Waals surface area (Å²) >= 11 is 0. The van der Waals surface area contributed by atoms with Gasteiger partial charge in [0.05, 0.1) is 28.1 Å². The maximum atomic E-state index is 5.61. The van der Waals surface area contributed by atoms with Gasteiger partial charge in [0.2, 0.25) is 0 Å².